The number of piperidine rings is 1. The quantitative estimate of drug-likeness (QED) is 0.896. The van der Waals surface area contributed by atoms with Crippen LogP contribution in [0.4, 0.5) is 0 Å². The van der Waals surface area contributed by atoms with Crippen molar-refractivity contribution in [3.05, 3.63) is 34.9 Å². The Morgan fingerprint density at radius 1 is 1.32 bits per heavy atom. The molecule has 2 nitrogen and oxygen atoms in total. The summed E-state index contributed by atoms with van der Waals surface area (Å²) in [6.07, 6.45) is 5.26. The van der Waals surface area contributed by atoms with Crippen LogP contribution in [-0.2, 0) is 6.42 Å². The van der Waals surface area contributed by atoms with Crippen molar-refractivity contribution >= 4 is 0 Å². The van der Waals surface area contributed by atoms with Crippen LogP contribution in [-0.4, -0.2) is 30.6 Å². The SMILES string of the molecule is CCN(C1CCCNC1)C1CCc2ccc(C)cc21. The Kier molecular flexibility index (Phi) is 3.90. The molecule has 2 aliphatic rings. The molecule has 0 aromatic heterocycles. The molecule has 1 aromatic rings. The van der Waals surface area contributed by atoms with Gasteiger partial charge in [0.1, 0.15) is 0 Å². The molecule has 1 aromatic carbocycles. The largest absolute Gasteiger partial charge is 0.315 e. The highest BCUT2D eigenvalue weighted by molar-refractivity contribution is 5.37. The number of hydrogen-bond donors (Lipinski definition) is 1. The van der Waals surface area contributed by atoms with Crippen LogP contribution < -0.4 is 5.32 Å². The van der Waals surface area contributed by atoms with Crippen LogP contribution in [0.2, 0.25) is 0 Å². The minimum atomic E-state index is 0.657. The minimum Gasteiger partial charge on any atom is -0.315 e. The maximum absolute atomic E-state index is 3.57. The summed E-state index contributed by atoms with van der Waals surface area (Å²) in [5.74, 6) is 0. The van der Waals surface area contributed by atoms with E-state index < -0.39 is 0 Å². The molecular weight excluding hydrogens is 232 g/mol. The number of aryl methyl sites for hydroxylation is 2. The first-order valence-corrected chi connectivity index (χ1v) is 7.85. The fraction of sp³-hybridized carbons (Fsp3) is 0.647. The lowest BCUT2D eigenvalue weighted by Gasteiger charge is -2.38. The number of benzene rings is 1. The van der Waals surface area contributed by atoms with E-state index in [9.17, 15) is 0 Å². The Bertz CT molecular complexity index is 435. The zero-order chi connectivity index (χ0) is 13.2. The number of nitrogens with zero attached hydrogens (tertiary/aromatic N) is 1. The van der Waals surface area contributed by atoms with Gasteiger partial charge in [0.05, 0.1) is 0 Å². The van der Waals surface area contributed by atoms with Crippen LogP contribution in [0.25, 0.3) is 0 Å². The third kappa shape index (κ3) is 2.56. The minimum absolute atomic E-state index is 0.657. The third-order valence-electron chi connectivity index (χ3n) is 4.85. The third-order valence-corrected chi connectivity index (χ3v) is 4.85. The van der Waals surface area contributed by atoms with Gasteiger partial charge in [0.25, 0.3) is 0 Å². The van der Waals surface area contributed by atoms with Gasteiger partial charge in [-0.15, -0.1) is 0 Å². The van der Waals surface area contributed by atoms with Gasteiger partial charge < -0.3 is 5.32 Å². The Labute approximate surface area is 117 Å². The summed E-state index contributed by atoms with van der Waals surface area (Å²) < 4.78 is 0. The Balaban J connectivity index is 1.83. The summed E-state index contributed by atoms with van der Waals surface area (Å²) in [6, 6.07) is 8.42. The Morgan fingerprint density at radius 2 is 2.21 bits per heavy atom. The smallest absolute Gasteiger partial charge is 0.0357 e. The van der Waals surface area contributed by atoms with Crippen LogP contribution in [0.1, 0.15) is 48.9 Å². The molecule has 1 saturated heterocycles. The second kappa shape index (κ2) is 5.64. The molecule has 2 unspecified atom stereocenters. The molecule has 1 aliphatic heterocycles. The van der Waals surface area contributed by atoms with Crippen molar-refractivity contribution in [1.29, 1.82) is 0 Å². The van der Waals surface area contributed by atoms with E-state index >= 15 is 0 Å². The molecule has 0 spiro atoms. The number of fused-ring (bicyclic) bond motifs is 1. The fourth-order valence-electron chi connectivity index (χ4n) is 3.89. The molecule has 1 aliphatic carbocycles. The maximum Gasteiger partial charge on any atom is 0.0357 e. The lowest BCUT2D eigenvalue weighted by atomic mass is 9.99. The number of hydrogen-bond acceptors (Lipinski definition) is 2. The lowest BCUT2D eigenvalue weighted by Crippen LogP contribution is -2.47. The van der Waals surface area contributed by atoms with E-state index in [0.29, 0.717) is 6.04 Å². The first-order valence-electron chi connectivity index (χ1n) is 7.85. The summed E-state index contributed by atoms with van der Waals surface area (Å²) in [5, 5.41) is 3.57. The molecule has 1 heterocycles. The summed E-state index contributed by atoms with van der Waals surface area (Å²) >= 11 is 0. The van der Waals surface area contributed by atoms with Crippen LogP contribution in [0.5, 0.6) is 0 Å². The number of rotatable bonds is 3. The highest BCUT2D eigenvalue weighted by atomic mass is 15.2. The van der Waals surface area contributed by atoms with E-state index in [-0.39, 0.29) is 0 Å². The Hall–Kier alpha value is -0.860. The highest BCUT2D eigenvalue weighted by Crippen LogP contribution is 2.37. The van der Waals surface area contributed by atoms with Crippen molar-refractivity contribution in [3.8, 4) is 0 Å². The van der Waals surface area contributed by atoms with Crippen molar-refractivity contribution in [1.82, 2.24) is 10.2 Å². The summed E-state index contributed by atoms with van der Waals surface area (Å²) in [6.45, 7) is 8.08. The van der Waals surface area contributed by atoms with E-state index in [1.54, 1.807) is 11.1 Å². The molecule has 0 radical (unpaired) electrons. The summed E-state index contributed by atoms with van der Waals surface area (Å²) in [7, 11) is 0. The summed E-state index contributed by atoms with van der Waals surface area (Å²) in [4.78, 5) is 2.75. The monoisotopic (exact) mass is 258 g/mol. The molecule has 104 valence electrons. The Morgan fingerprint density at radius 3 is 2.95 bits per heavy atom. The molecule has 3 rings (SSSR count). The van der Waals surface area contributed by atoms with Crippen molar-refractivity contribution in [3.63, 3.8) is 0 Å². The lowest BCUT2D eigenvalue weighted by molar-refractivity contribution is 0.118. The molecule has 0 amide bonds. The van der Waals surface area contributed by atoms with Gasteiger partial charge in [-0.05, 0) is 56.8 Å². The van der Waals surface area contributed by atoms with Gasteiger partial charge in [0.15, 0.2) is 0 Å². The van der Waals surface area contributed by atoms with Crippen LogP contribution in [0.15, 0.2) is 18.2 Å². The van der Waals surface area contributed by atoms with E-state index in [1.807, 2.05) is 0 Å². The van der Waals surface area contributed by atoms with Crippen molar-refractivity contribution in [2.75, 3.05) is 19.6 Å². The van der Waals surface area contributed by atoms with E-state index in [4.69, 9.17) is 0 Å². The molecule has 0 saturated carbocycles. The second-order valence-corrected chi connectivity index (χ2v) is 6.09. The van der Waals surface area contributed by atoms with Crippen LogP contribution in [0, 0.1) is 6.92 Å². The average molecular weight is 258 g/mol. The van der Waals surface area contributed by atoms with E-state index in [2.05, 4.69) is 42.3 Å². The molecule has 19 heavy (non-hydrogen) atoms. The predicted octanol–water partition coefficient (Wildman–Crippen LogP) is 3.06. The second-order valence-electron chi connectivity index (χ2n) is 6.09. The number of likely N-dealkylation sites (N-methyl/N-ethyl adjacent to an activating group) is 1. The fourth-order valence-corrected chi connectivity index (χ4v) is 3.89. The first kappa shape index (κ1) is 13.1. The van der Waals surface area contributed by atoms with Crippen molar-refractivity contribution in [2.24, 2.45) is 0 Å². The normalized spacial score (nSPS) is 26.7. The maximum atomic E-state index is 3.57. The topological polar surface area (TPSA) is 15.3 Å². The summed E-state index contributed by atoms with van der Waals surface area (Å²) in [5.41, 5.74) is 4.59. The van der Waals surface area contributed by atoms with E-state index in [1.165, 1.54) is 50.9 Å². The van der Waals surface area contributed by atoms with Crippen LogP contribution >= 0.6 is 0 Å². The zero-order valence-electron chi connectivity index (χ0n) is 12.3. The van der Waals surface area contributed by atoms with Gasteiger partial charge >= 0.3 is 0 Å². The number of nitrogens with one attached hydrogen (secondary N) is 1. The van der Waals surface area contributed by atoms with Crippen molar-refractivity contribution in [2.45, 2.75) is 51.6 Å². The van der Waals surface area contributed by atoms with Gasteiger partial charge in [-0.3, -0.25) is 4.90 Å². The average Bonchev–Trinajstić information content (AvgIpc) is 2.84. The zero-order valence-corrected chi connectivity index (χ0v) is 12.3. The van der Waals surface area contributed by atoms with Gasteiger partial charge in [0.2, 0.25) is 0 Å². The van der Waals surface area contributed by atoms with Gasteiger partial charge in [0, 0.05) is 18.6 Å². The van der Waals surface area contributed by atoms with E-state index in [0.717, 1.165) is 6.04 Å². The molecule has 1 fully saturated rings. The van der Waals surface area contributed by atoms with Gasteiger partial charge in [-0.1, -0.05) is 30.7 Å². The highest BCUT2D eigenvalue weighted by Gasteiger charge is 2.31. The molecule has 0 bridgehead atoms. The first-order chi connectivity index (χ1) is 9.29. The van der Waals surface area contributed by atoms with Crippen molar-refractivity contribution < 1.29 is 0 Å². The predicted molar refractivity (Wildman–Crippen MR) is 80.5 cm³/mol. The molecule has 2 heteroatoms. The standard InChI is InChI=1S/C17H26N2/c1-3-19(15-5-4-10-18-12-15)17-9-8-14-7-6-13(2)11-16(14)17/h6-7,11,15,17-18H,3-5,8-10,12H2,1-2H3. The van der Waals surface area contributed by atoms with Crippen LogP contribution in [0.3, 0.4) is 0 Å². The molecular formula is C17H26N2. The van der Waals surface area contributed by atoms with Gasteiger partial charge in [-0.25, -0.2) is 0 Å². The molecule has 2 atom stereocenters. The molecule has 1 N–H and O–H groups in total. The van der Waals surface area contributed by atoms with Gasteiger partial charge in [-0.2, -0.15) is 0 Å².